The van der Waals surface area contributed by atoms with Crippen molar-refractivity contribution in [3.63, 3.8) is 0 Å². The molecule has 0 heterocycles. The lowest BCUT2D eigenvalue weighted by Crippen LogP contribution is -2.16. The van der Waals surface area contributed by atoms with E-state index in [1.807, 2.05) is 13.1 Å². The topological polar surface area (TPSA) is 12.4 Å². The van der Waals surface area contributed by atoms with Gasteiger partial charge in [0.05, 0.1) is 5.54 Å². The van der Waals surface area contributed by atoms with Crippen LogP contribution in [0.25, 0.3) is 0 Å². The van der Waals surface area contributed by atoms with E-state index in [2.05, 4.69) is 32.3 Å². The van der Waals surface area contributed by atoms with Gasteiger partial charge in [-0.3, -0.25) is 4.99 Å². The molecule has 1 aliphatic carbocycles. The number of hydrogen-bond acceptors (Lipinski definition) is 1. The van der Waals surface area contributed by atoms with Crippen LogP contribution in [-0.4, -0.2) is 11.8 Å². The molecule has 1 nitrogen and oxygen atoms in total. The Balaban J connectivity index is 3.00. The summed E-state index contributed by atoms with van der Waals surface area (Å²) in [6, 6.07) is 0. The highest BCUT2D eigenvalue weighted by molar-refractivity contribution is 5.61. The lowest BCUT2D eigenvalue weighted by molar-refractivity contribution is 0.385. The molecule has 1 atom stereocenters. The predicted octanol–water partition coefficient (Wildman–Crippen LogP) is 3.60. The van der Waals surface area contributed by atoms with E-state index in [4.69, 9.17) is 0 Å². The largest absolute Gasteiger partial charge is 0.286 e. The molecule has 0 spiro atoms. The van der Waals surface area contributed by atoms with Gasteiger partial charge in [-0.25, -0.2) is 0 Å². The van der Waals surface area contributed by atoms with Crippen LogP contribution < -0.4 is 0 Å². The fourth-order valence-electron chi connectivity index (χ4n) is 2.96. The third-order valence-electron chi connectivity index (χ3n) is 3.87. The summed E-state index contributed by atoms with van der Waals surface area (Å²) in [5.74, 6) is 0. The van der Waals surface area contributed by atoms with Crippen molar-refractivity contribution in [1.82, 2.24) is 0 Å². The Morgan fingerprint density at radius 1 is 1.23 bits per heavy atom. The molecule has 1 rings (SSSR count). The average Bonchev–Trinajstić information content (AvgIpc) is 2.67. The van der Waals surface area contributed by atoms with E-state index < -0.39 is 0 Å². The molecule has 0 amide bonds. The minimum absolute atomic E-state index is 0.0885. The van der Waals surface area contributed by atoms with Crippen molar-refractivity contribution in [2.24, 2.45) is 10.4 Å². The maximum Gasteiger partial charge on any atom is 0.0907 e. The molecule has 74 valence electrons. The third kappa shape index (κ3) is 1.02. The molecule has 0 aliphatic heterocycles. The molecular formula is C12H21N. The lowest BCUT2D eigenvalue weighted by atomic mass is 9.92. The van der Waals surface area contributed by atoms with E-state index in [1.54, 1.807) is 0 Å². The summed E-state index contributed by atoms with van der Waals surface area (Å²) in [6.45, 7) is 12.9. The normalized spacial score (nSPS) is 31.2. The first kappa shape index (κ1) is 10.5. The van der Waals surface area contributed by atoms with Crippen LogP contribution in [0.15, 0.2) is 17.1 Å². The maximum atomic E-state index is 4.64. The first-order valence-electron chi connectivity index (χ1n) is 5.34. The van der Waals surface area contributed by atoms with Crippen molar-refractivity contribution in [2.45, 2.75) is 52.5 Å². The Hall–Kier alpha value is -0.590. The van der Waals surface area contributed by atoms with Crippen LogP contribution >= 0.6 is 0 Å². The second-order valence-electron chi connectivity index (χ2n) is 3.87. The summed E-state index contributed by atoms with van der Waals surface area (Å²) in [7, 11) is 0. The number of nitrogens with zero attached hydrogens (tertiary/aromatic N) is 1. The van der Waals surface area contributed by atoms with Crippen LogP contribution in [0, 0.1) is 5.41 Å². The second-order valence-corrected chi connectivity index (χ2v) is 3.87. The highest BCUT2D eigenvalue weighted by Gasteiger charge is 2.67. The van der Waals surface area contributed by atoms with Crippen molar-refractivity contribution in [1.29, 1.82) is 0 Å². The molecule has 0 radical (unpaired) electrons. The van der Waals surface area contributed by atoms with E-state index >= 15 is 0 Å². The van der Waals surface area contributed by atoms with Gasteiger partial charge >= 0.3 is 0 Å². The molecule has 13 heavy (non-hydrogen) atoms. The van der Waals surface area contributed by atoms with Crippen LogP contribution in [0.3, 0.4) is 0 Å². The molecule has 1 heteroatoms. The summed E-state index contributed by atoms with van der Waals surface area (Å²) in [6.07, 6.45) is 5.38. The molecule has 0 aromatic heterocycles. The van der Waals surface area contributed by atoms with E-state index in [-0.39, 0.29) is 5.54 Å². The fraction of sp³-hybridized carbons (Fsp3) is 0.750. The highest BCUT2D eigenvalue weighted by Crippen LogP contribution is 2.68. The number of aliphatic imine (C=N–C) groups is 1. The fourth-order valence-corrected chi connectivity index (χ4v) is 2.96. The second kappa shape index (κ2) is 3.28. The quantitative estimate of drug-likeness (QED) is 0.462. The molecule has 1 fully saturated rings. The summed E-state index contributed by atoms with van der Waals surface area (Å²) in [5.41, 5.74) is 1.75. The van der Waals surface area contributed by atoms with Gasteiger partial charge in [-0.15, -0.1) is 0 Å². The van der Waals surface area contributed by atoms with Crippen molar-refractivity contribution in [2.75, 3.05) is 0 Å². The third-order valence-corrected chi connectivity index (χ3v) is 3.87. The highest BCUT2D eigenvalue weighted by atomic mass is 15.0. The Bertz CT molecular complexity index is 236. The van der Waals surface area contributed by atoms with Gasteiger partial charge in [-0.2, -0.15) is 0 Å². The Kier molecular flexibility index (Phi) is 2.65. The summed E-state index contributed by atoms with van der Waals surface area (Å²) >= 11 is 0. The zero-order valence-electron chi connectivity index (χ0n) is 9.35. The van der Waals surface area contributed by atoms with Gasteiger partial charge in [0.2, 0.25) is 0 Å². The smallest absolute Gasteiger partial charge is 0.0907 e. The lowest BCUT2D eigenvalue weighted by Gasteiger charge is -2.17. The molecule has 1 saturated carbocycles. The van der Waals surface area contributed by atoms with Crippen LogP contribution in [0.4, 0.5) is 0 Å². The van der Waals surface area contributed by atoms with Crippen molar-refractivity contribution in [3.05, 3.63) is 12.2 Å². The summed E-state index contributed by atoms with van der Waals surface area (Å²) in [4.78, 5) is 4.64. The molecule has 1 unspecified atom stereocenters. The molecule has 0 N–H and O–H groups in total. The Morgan fingerprint density at radius 3 is 2.00 bits per heavy atom. The molecule has 0 saturated heterocycles. The van der Waals surface area contributed by atoms with Gasteiger partial charge in [0.1, 0.15) is 0 Å². The summed E-state index contributed by atoms with van der Waals surface area (Å²) in [5, 5.41) is 0. The van der Waals surface area contributed by atoms with E-state index in [9.17, 15) is 0 Å². The van der Waals surface area contributed by atoms with E-state index in [0.717, 1.165) is 6.42 Å². The molecule has 1 aliphatic rings. The standard InChI is InChI=1S/C12H21N/c1-6-11(7-2)10(5)12(11,8-3)13-9-4/h9H,5-8H2,1-4H3/b13-9+. The van der Waals surface area contributed by atoms with Crippen LogP contribution in [0.5, 0.6) is 0 Å². The van der Waals surface area contributed by atoms with E-state index in [1.165, 1.54) is 18.4 Å². The molecule has 0 aromatic rings. The van der Waals surface area contributed by atoms with Crippen molar-refractivity contribution >= 4 is 6.21 Å². The zero-order chi connectivity index (χ0) is 10.1. The van der Waals surface area contributed by atoms with Gasteiger partial charge in [-0.1, -0.05) is 27.4 Å². The minimum atomic E-state index is 0.0885. The van der Waals surface area contributed by atoms with Crippen molar-refractivity contribution < 1.29 is 0 Å². The van der Waals surface area contributed by atoms with Crippen LogP contribution in [0.1, 0.15) is 47.0 Å². The minimum Gasteiger partial charge on any atom is -0.286 e. The number of rotatable bonds is 4. The molecule has 0 aromatic carbocycles. The van der Waals surface area contributed by atoms with Gasteiger partial charge < -0.3 is 0 Å². The number of hydrogen-bond donors (Lipinski definition) is 0. The maximum absolute atomic E-state index is 4.64. The van der Waals surface area contributed by atoms with Gasteiger partial charge in [0.15, 0.2) is 0 Å². The Labute approximate surface area is 82.0 Å². The SMILES string of the molecule is C=C1C(CC)(CC)C1(CC)/N=C/C. The van der Waals surface area contributed by atoms with Gasteiger partial charge in [-0.05, 0) is 38.0 Å². The first-order valence-corrected chi connectivity index (χ1v) is 5.34. The monoisotopic (exact) mass is 179 g/mol. The summed E-state index contributed by atoms with van der Waals surface area (Å²) < 4.78 is 0. The van der Waals surface area contributed by atoms with Gasteiger partial charge in [0.25, 0.3) is 0 Å². The predicted molar refractivity (Wildman–Crippen MR) is 59.3 cm³/mol. The zero-order valence-corrected chi connectivity index (χ0v) is 9.35. The van der Waals surface area contributed by atoms with E-state index in [0.29, 0.717) is 5.41 Å². The molecule has 0 bridgehead atoms. The first-order chi connectivity index (χ1) is 6.15. The van der Waals surface area contributed by atoms with Crippen LogP contribution in [-0.2, 0) is 0 Å². The average molecular weight is 179 g/mol. The molecular weight excluding hydrogens is 158 g/mol. The van der Waals surface area contributed by atoms with Crippen molar-refractivity contribution in [3.8, 4) is 0 Å². The van der Waals surface area contributed by atoms with Gasteiger partial charge in [0, 0.05) is 5.41 Å². The van der Waals surface area contributed by atoms with Crippen LogP contribution in [0.2, 0.25) is 0 Å². The Morgan fingerprint density at radius 2 is 1.77 bits per heavy atom.